The fraction of sp³-hybridized carbons (Fsp3) is 0.286. The van der Waals surface area contributed by atoms with E-state index in [0.717, 1.165) is 24.2 Å². The van der Waals surface area contributed by atoms with Gasteiger partial charge in [-0.25, -0.2) is 4.98 Å². The molecule has 0 aliphatic rings. The molecule has 0 atom stereocenters. The van der Waals surface area contributed by atoms with Gasteiger partial charge in [-0.1, -0.05) is 0 Å². The number of rotatable bonds is 5. The van der Waals surface area contributed by atoms with Gasteiger partial charge < -0.3 is 10.5 Å². The molecule has 2 aromatic rings. The quantitative estimate of drug-likeness (QED) is 0.861. The van der Waals surface area contributed by atoms with Crippen molar-refractivity contribution in [2.45, 2.75) is 19.0 Å². The Labute approximate surface area is 119 Å². The van der Waals surface area contributed by atoms with Crippen LogP contribution >= 0.6 is 0 Å². The van der Waals surface area contributed by atoms with Gasteiger partial charge in [0.05, 0.1) is 18.5 Å². The Morgan fingerprint density at radius 2 is 1.90 bits per heavy atom. The molecule has 0 fully saturated rings. The van der Waals surface area contributed by atoms with Gasteiger partial charge in [0.1, 0.15) is 11.4 Å². The zero-order chi connectivity index (χ0) is 15.3. The van der Waals surface area contributed by atoms with Gasteiger partial charge in [-0.15, -0.1) is 0 Å². The third-order valence-electron chi connectivity index (χ3n) is 2.80. The topological polar surface area (TPSA) is 61.0 Å². The highest BCUT2D eigenvalue weighted by Gasteiger charge is 2.33. The van der Waals surface area contributed by atoms with E-state index in [-0.39, 0.29) is 18.0 Å². The number of aryl methyl sites for hydroxylation is 1. The third-order valence-corrected chi connectivity index (χ3v) is 2.80. The van der Waals surface area contributed by atoms with Crippen molar-refractivity contribution in [3.05, 3.63) is 48.0 Å². The average Bonchev–Trinajstić information content (AvgIpc) is 2.45. The zero-order valence-corrected chi connectivity index (χ0v) is 11.1. The minimum Gasteiger partial charge on any atom is -0.491 e. The molecule has 0 radical (unpaired) electrons. The van der Waals surface area contributed by atoms with Crippen LogP contribution in [0.15, 0.2) is 36.8 Å². The fourth-order valence-electron chi connectivity index (χ4n) is 1.74. The molecular weight excluding hydrogens is 283 g/mol. The molecule has 4 nitrogen and oxygen atoms in total. The zero-order valence-electron chi connectivity index (χ0n) is 11.1. The van der Waals surface area contributed by atoms with Crippen LogP contribution in [0.2, 0.25) is 0 Å². The number of hydrogen-bond acceptors (Lipinski definition) is 4. The number of anilines is 1. The SMILES string of the molecule is Nc1cnc(C(F)(F)F)cc1OCCCc1ccncc1. The van der Waals surface area contributed by atoms with Gasteiger partial charge in [0, 0.05) is 18.5 Å². The lowest BCUT2D eigenvalue weighted by Gasteiger charge is -2.11. The molecule has 2 heterocycles. The van der Waals surface area contributed by atoms with Gasteiger partial charge >= 0.3 is 6.18 Å². The largest absolute Gasteiger partial charge is 0.491 e. The van der Waals surface area contributed by atoms with E-state index in [4.69, 9.17) is 10.5 Å². The maximum absolute atomic E-state index is 12.5. The van der Waals surface area contributed by atoms with Crippen molar-refractivity contribution < 1.29 is 17.9 Å². The van der Waals surface area contributed by atoms with Crippen molar-refractivity contribution in [3.63, 3.8) is 0 Å². The summed E-state index contributed by atoms with van der Waals surface area (Å²) in [5.41, 5.74) is 5.73. The summed E-state index contributed by atoms with van der Waals surface area (Å²) in [4.78, 5) is 7.15. The Bertz CT molecular complexity index is 588. The summed E-state index contributed by atoms with van der Waals surface area (Å²) < 4.78 is 42.9. The van der Waals surface area contributed by atoms with Crippen LogP contribution in [0.5, 0.6) is 5.75 Å². The summed E-state index contributed by atoms with van der Waals surface area (Å²) in [5.74, 6) is 0.00653. The fourth-order valence-corrected chi connectivity index (χ4v) is 1.74. The summed E-state index contributed by atoms with van der Waals surface area (Å²) in [6, 6.07) is 4.58. The third kappa shape index (κ3) is 4.34. The Balaban J connectivity index is 1.91. The number of hydrogen-bond donors (Lipinski definition) is 1. The predicted octanol–water partition coefficient (Wildman–Crippen LogP) is 3.09. The molecule has 0 amide bonds. The highest BCUT2D eigenvalue weighted by atomic mass is 19.4. The number of nitrogen functional groups attached to an aromatic ring is 1. The van der Waals surface area contributed by atoms with Crippen LogP contribution in [0.25, 0.3) is 0 Å². The first kappa shape index (κ1) is 15.1. The first-order valence-electron chi connectivity index (χ1n) is 6.31. The molecule has 0 saturated carbocycles. The molecule has 2 rings (SSSR count). The molecule has 0 spiro atoms. The van der Waals surface area contributed by atoms with Gasteiger partial charge in [0.15, 0.2) is 0 Å². The lowest BCUT2D eigenvalue weighted by molar-refractivity contribution is -0.141. The van der Waals surface area contributed by atoms with E-state index in [9.17, 15) is 13.2 Å². The van der Waals surface area contributed by atoms with E-state index < -0.39 is 11.9 Å². The Morgan fingerprint density at radius 1 is 1.19 bits per heavy atom. The van der Waals surface area contributed by atoms with Gasteiger partial charge in [0.25, 0.3) is 0 Å². The van der Waals surface area contributed by atoms with E-state index in [1.165, 1.54) is 0 Å². The minimum atomic E-state index is -4.51. The molecule has 2 N–H and O–H groups in total. The van der Waals surface area contributed by atoms with Gasteiger partial charge in [0.2, 0.25) is 0 Å². The number of pyridine rings is 2. The van der Waals surface area contributed by atoms with Crippen molar-refractivity contribution in [2.24, 2.45) is 0 Å². The number of aromatic nitrogens is 2. The molecule has 21 heavy (non-hydrogen) atoms. The monoisotopic (exact) mass is 297 g/mol. The van der Waals surface area contributed by atoms with Crippen LogP contribution in [0.3, 0.4) is 0 Å². The Kier molecular flexibility index (Phi) is 4.62. The maximum atomic E-state index is 12.5. The highest BCUT2D eigenvalue weighted by Crippen LogP contribution is 2.32. The van der Waals surface area contributed by atoms with Gasteiger partial charge in [-0.2, -0.15) is 13.2 Å². The molecule has 7 heteroatoms. The lowest BCUT2D eigenvalue weighted by atomic mass is 10.1. The van der Waals surface area contributed by atoms with Gasteiger partial charge in [-0.3, -0.25) is 4.98 Å². The summed E-state index contributed by atoms with van der Waals surface area (Å²) in [7, 11) is 0. The second-order valence-electron chi connectivity index (χ2n) is 4.41. The summed E-state index contributed by atoms with van der Waals surface area (Å²) in [6.45, 7) is 0.272. The van der Waals surface area contributed by atoms with E-state index in [2.05, 4.69) is 9.97 Å². The second kappa shape index (κ2) is 6.43. The smallest absolute Gasteiger partial charge is 0.433 e. The lowest BCUT2D eigenvalue weighted by Crippen LogP contribution is -2.10. The maximum Gasteiger partial charge on any atom is 0.433 e. The van der Waals surface area contributed by atoms with Crippen LogP contribution in [0.4, 0.5) is 18.9 Å². The van der Waals surface area contributed by atoms with Crippen molar-refractivity contribution in [3.8, 4) is 5.75 Å². The van der Waals surface area contributed by atoms with Crippen LogP contribution in [0, 0.1) is 0 Å². The van der Waals surface area contributed by atoms with Gasteiger partial charge in [-0.05, 0) is 30.5 Å². The molecule has 0 saturated heterocycles. The highest BCUT2D eigenvalue weighted by molar-refractivity contribution is 5.51. The Morgan fingerprint density at radius 3 is 2.57 bits per heavy atom. The number of nitrogens with two attached hydrogens (primary N) is 1. The van der Waals surface area contributed by atoms with Crippen LogP contribution in [0.1, 0.15) is 17.7 Å². The minimum absolute atomic E-state index is 0.00653. The molecule has 0 aromatic carbocycles. The number of alkyl halides is 3. The summed E-state index contributed by atoms with van der Waals surface area (Å²) in [6.07, 6.45) is 1.23. The molecule has 0 aliphatic heterocycles. The van der Waals surface area contributed by atoms with E-state index in [0.29, 0.717) is 6.42 Å². The molecule has 0 unspecified atom stereocenters. The first-order valence-corrected chi connectivity index (χ1v) is 6.31. The molecule has 112 valence electrons. The van der Waals surface area contributed by atoms with Crippen LogP contribution in [-0.2, 0) is 12.6 Å². The summed E-state index contributed by atoms with van der Waals surface area (Å²) in [5, 5.41) is 0. The molecule has 0 bridgehead atoms. The molecule has 2 aromatic heterocycles. The average molecular weight is 297 g/mol. The van der Waals surface area contributed by atoms with Crippen molar-refractivity contribution in [1.29, 1.82) is 0 Å². The number of nitrogens with zero attached hydrogens (tertiary/aromatic N) is 2. The number of ether oxygens (including phenoxy) is 1. The van der Waals surface area contributed by atoms with E-state index in [1.807, 2.05) is 12.1 Å². The number of halogens is 3. The van der Waals surface area contributed by atoms with Crippen molar-refractivity contribution in [2.75, 3.05) is 12.3 Å². The summed E-state index contributed by atoms with van der Waals surface area (Å²) >= 11 is 0. The molecule has 0 aliphatic carbocycles. The standard InChI is InChI=1S/C14H14F3N3O/c15-14(16,17)13-8-12(11(18)9-20-13)21-7-1-2-10-3-5-19-6-4-10/h3-6,8-9H,1-2,7,18H2. The molecular formula is C14H14F3N3O. The first-order chi connectivity index (χ1) is 9.97. The normalized spacial score (nSPS) is 11.4. The second-order valence-corrected chi connectivity index (χ2v) is 4.41. The van der Waals surface area contributed by atoms with E-state index >= 15 is 0 Å². The van der Waals surface area contributed by atoms with E-state index in [1.54, 1.807) is 12.4 Å². The van der Waals surface area contributed by atoms with Crippen molar-refractivity contribution in [1.82, 2.24) is 9.97 Å². The van der Waals surface area contributed by atoms with Crippen LogP contribution < -0.4 is 10.5 Å². The Hall–Kier alpha value is -2.31. The van der Waals surface area contributed by atoms with Crippen LogP contribution in [-0.4, -0.2) is 16.6 Å². The predicted molar refractivity (Wildman–Crippen MR) is 71.7 cm³/mol. The van der Waals surface area contributed by atoms with Crippen molar-refractivity contribution >= 4 is 5.69 Å².